The standard InChI is InChI=1S/C72H134O6/c1-4-7-10-13-16-19-22-25-28-31-33-34-35-36-37-38-40-41-44-47-50-53-56-59-62-65-71(74)77-68-69(67-76-70(73)64-61-58-55-52-49-46-43-30-27-24-21-18-15-12-9-6-3)78-72(75)66-63-60-57-54-51-48-45-42-39-32-29-26-23-20-17-14-11-8-5-2/h22,25-26,29,31,33,69H,4-21,23-24,27-28,30,32,34-68H2,1-3H3/b25-22-,29-26-,33-31-. The topological polar surface area (TPSA) is 78.9 Å². The highest BCUT2D eigenvalue weighted by molar-refractivity contribution is 5.71. The molecule has 6 heteroatoms. The maximum absolute atomic E-state index is 12.9. The van der Waals surface area contributed by atoms with Gasteiger partial charge < -0.3 is 14.2 Å². The summed E-state index contributed by atoms with van der Waals surface area (Å²) in [7, 11) is 0. The molecule has 0 aliphatic rings. The second kappa shape index (κ2) is 67.1. The maximum Gasteiger partial charge on any atom is 0.306 e. The molecular weight excluding hydrogens is 961 g/mol. The van der Waals surface area contributed by atoms with E-state index in [9.17, 15) is 14.4 Å². The zero-order valence-corrected chi connectivity index (χ0v) is 52.7. The smallest absolute Gasteiger partial charge is 0.306 e. The van der Waals surface area contributed by atoms with Crippen LogP contribution in [0.25, 0.3) is 0 Å². The number of hydrogen-bond acceptors (Lipinski definition) is 6. The van der Waals surface area contributed by atoms with Crippen molar-refractivity contribution in [3.8, 4) is 0 Å². The number of carbonyl (C=O) groups is 3. The van der Waals surface area contributed by atoms with Crippen LogP contribution in [0.4, 0.5) is 0 Å². The molecule has 0 spiro atoms. The number of unbranched alkanes of at least 4 members (excludes halogenated alkanes) is 48. The van der Waals surface area contributed by atoms with E-state index >= 15 is 0 Å². The van der Waals surface area contributed by atoms with E-state index in [1.54, 1.807) is 0 Å². The van der Waals surface area contributed by atoms with Crippen LogP contribution in [0.1, 0.15) is 387 Å². The Morgan fingerprint density at radius 2 is 0.462 bits per heavy atom. The van der Waals surface area contributed by atoms with Gasteiger partial charge >= 0.3 is 17.9 Å². The number of allylic oxidation sites excluding steroid dienone is 6. The quantitative estimate of drug-likeness (QED) is 0.0261. The molecule has 0 fully saturated rings. The molecule has 0 heterocycles. The summed E-state index contributed by atoms with van der Waals surface area (Å²) in [5.74, 6) is -0.841. The van der Waals surface area contributed by atoms with Crippen molar-refractivity contribution in [1.82, 2.24) is 0 Å². The molecule has 6 nitrogen and oxygen atoms in total. The molecule has 0 saturated heterocycles. The lowest BCUT2D eigenvalue weighted by Crippen LogP contribution is -2.30. The van der Waals surface area contributed by atoms with Crippen molar-refractivity contribution in [1.29, 1.82) is 0 Å². The van der Waals surface area contributed by atoms with E-state index in [0.29, 0.717) is 19.3 Å². The van der Waals surface area contributed by atoms with Gasteiger partial charge in [0.1, 0.15) is 13.2 Å². The minimum atomic E-state index is -0.772. The summed E-state index contributed by atoms with van der Waals surface area (Å²) in [6.45, 7) is 6.70. The lowest BCUT2D eigenvalue weighted by Gasteiger charge is -2.18. The van der Waals surface area contributed by atoms with E-state index in [2.05, 4.69) is 57.2 Å². The Hall–Kier alpha value is -2.37. The van der Waals surface area contributed by atoms with Crippen molar-refractivity contribution >= 4 is 17.9 Å². The summed E-state index contributed by atoms with van der Waals surface area (Å²) in [5.41, 5.74) is 0. The summed E-state index contributed by atoms with van der Waals surface area (Å²) in [6.07, 6.45) is 83.0. The van der Waals surface area contributed by atoms with Crippen LogP contribution < -0.4 is 0 Å². The predicted molar refractivity (Wildman–Crippen MR) is 339 cm³/mol. The Balaban J connectivity index is 4.28. The molecule has 458 valence electrons. The van der Waals surface area contributed by atoms with E-state index in [-0.39, 0.29) is 31.1 Å². The highest BCUT2D eigenvalue weighted by Gasteiger charge is 2.19. The zero-order chi connectivity index (χ0) is 56.4. The van der Waals surface area contributed by atoms with Crippen LogP contribution in [0.15, 0.2) is 36.5 Å². The van der Waals surface area contributed by atoms with Gasteiger partial charge in [0.05, 0.1) is 0 Å². The largest absolute Gasteiger partial charge is 0.462 e. The van der Waals surface area contributed by atoms with Gasteiger partial charge in [-0.2, -0.15) is 0 Å². The predicted octanol–water partition coefficient (Wildman–Crippen LogP) is 23.9. The summed E-state index contributed by atoms with van der Waals surface area (Å²) in [6, 6.07) is 0. The van der Waals surface area contributed by atoms with Crippen LogP contribution in [0.3, 0.4) is 0 Å². The van der Waals surface area contributed by atoms with Crippen LogP contribution in [-0.2, 0) is 28.6 Å². The third-order valence-corrected chi connectivity index (χ3v) is 15.9. The average molecular weight is 1100 g/mol. The Bertz CT molecular complexity index is 1300. The number of ether oxygens (including phenoxy) is 3. The number of rotatable bonds is 65. The summed E-state index contributed by atoms with van der Waals surface area (Å²) >= 11 is 0. The molecule has 0 amide bonds. The van der Waals surface area contributed by atoms with Crippen molar-refractivity contribution in [2.45, 2.75) is 393 Å². The van der Waals surface area contributed by atoms with Gasteiger partial charge in [-0.1, -0.05) is 327 Å². The second-order valence-corrected chi connectivity index (χ2v) is 23.8. The summed E-state index contributed by atoms with van der Waals surface area (Å²) in [5, 5.41) is 0. The van der Waals surface area contributed by atoms with Crippen molar-refractivity contribution in [2.75, 3.05) is 13.2 Å². The molecule has 0 aliphatic heterocycles. The summed E-state index contributed by atoms with van der Waals surface area (Å²) < 4.78 is 17.0. The molecule has 0 bridgehead atoms. The molecule has 1 unspecified atom stereocenters. The molecule has 0 aromatic carbocycles. The third kappa shape index (κ3) is 64.5. The molecule has 78 heavy (non-hydrogen) atoms. The first kappa shape index (κ1) is 75.6. The maximum atomic E-state index is 12.9. The fraction of sp³-hybridized carbons (Fsp3) is 0.875. The lowest BCUT2D eigenvalue weighted by molar-refractivity contribution is -0.167. The van der Waals surface area contributed by atoms with E-state index < -0.39 is 6.10 Å². The zero-order valence-electron chi connectivity index (χ0n) is 52.7. The third-order valence-electron chi connectivity index (χ3n) is 15.9. The Morgan fingerprint density at radius 3 is 0.718 bits per heavy atom. The van der Waals surface area contributed by atoms with Crippen molar-refractivity contribution in [3.05, 3.63) is 36.5 Å². The van der Waals surface area contributed by atoms with Gasteiger partial charge in [0.25, 0.3) is 0 Å². The minimum absolute atomic E-state index is 0.0676. The molecule has 0 N–H and O–H groups in total. The molecule has 0 radical (unpaired) electrons. The van der Waals surface area contributed by atoms with E-state index in [0.717, 1.165) is 64.2 Å². The van der Waals surface area contributed by atoms with Gasteiger partial charge in [0, 0.05) is 19.3 Å². The van der Waals surface area contributed by atoms with Gasteiger partial charge in [-0.3, -0.25) is 14.4 Å². The molecule has 0 saturated carbocycles. The molecule has 0 aromatic heterocycles. The fourth-order valence-electron chi connectivity index (χ4n) is 10.6. The van der Waals surface area contributed by atoms with Crippen molar-refractivity contribution in [3.63, 3.8) is 0 Å². The lowest BCUT2D eigenvalue weighted by atomic mass is 10.0. The van der Waals surface area contributed by atoms with Gasteiger partial charge in [-0.25, -0.2) is 0 Å². The van der Waals surface area contributed by atoms with Crippen LogP contribution in [-0.4, -0.2) is 37.2 Å². The van der Waals surface area contributed by atoms with Gasteiger partial charge in [0.2, 0.25) is 0 Å². The molecular formula is C72H134O6. The molecule has 0 aromatic rings. The summed E-state index contributed by atoms with van der Waals surface area (Å²) in [4.78, 5) is 38.4. The van der Waals surface area contributed by atoms with Crippen LogP contribution in [0.2, 0.25) is 0 Å². The minimum Gasteiger partial charge on any atom is -0.462 e. The van der Waals surface area contributed by atoms with Crippen LogP contribution >= 0.6 is 0 Å². The Kier molecular flexibility index (Phi) is 65.1. The fourth-order valence-corrected chi connectivity index (χ4v) is 10.6. The van der Waals surface area contributed by atoms with Crippen LogP contribution in [0, 0.1) is 0 Å². The normalized spacial score (nSPS) is 12.2. The van der Waals surface area contributed by atoms with Crippen molar-refractivity contribution in [2.24, 2.45) is 0 Å². The molecule has 1 atom stereocenters. The average Bonchev–Trinajstić information content (AvgIpc) is 3.44. The first-order valence-electron chi connectivity index (χ1n) is 35.0. The number of carbonyl (C=O) groups excluding carboxylic acids is 3. The van der Waals surface area contributed by atoms with Crippen molar-refractivity contribution < 1.29 is 28.6 Å². The number of hydrogen-bond donors (Lipinski definition) is 0. The first-order chi connectivity index (χ1) is 38.5. The molecule has 0 rings (SSSR count). The first-order valence-corrected chi connectivity index (χ1v) is 35.0. The highest BCUT2D eigenvalue weighted by Crippen LogP contribution is 2.18. The van der Waals surface area contributed by atoms with E-state index in [4.69, 9.17) is 14.2 Å². The Morgan fingerprint density at radius 1 is 0.256 bits per heavy atom. The second-order valence-electron chi connectivity index (χ2n) is 23.8. The SMILES string of the molecule is CCCCCCC/C=C\C/C=C\CCCCCCCCCCCCCCCC(=O)OCC(COC(=O)CCCCCCCCCCCCCCCCCC)OC(=O)CCCCCCCCCCC/C=C\CCCCCCCC. The van der Waals surface area contributed by atoms with Crippen LogP contribution in [0.5, 0.6) is 0 Å². The van der Waals surface area contributed by atoms with Gasteiger partial charge in [-0.15, -0.1) is 0 Å². The number of esters is 3. The Labute approximate surface area is 486 Å². The van der Waals surface area contributed by atoms with E-state index in [1.165, 1.54) is 283 Å². The van der Waals surface area contributed by atoms with Gasteiger partial charge in [0.15, 0.2) is 6.10 Å². The highest BCUT2D eigenvalue weighted by atomic mass is 16.6. The molecule has 0 aliphatic carbocycles. The monoisotopic (exact) mass is 1100 g/mol. The van der Waals surface area contributed by atoms with E-state index in [1.807, 2.05) is 0 Å². The van der Waals surface area contributed by atoms with Gasteiger partial charge in [-0.05, 0) is 77.0 Å².